The Balaban J connectivity index is 0.000000605. The van der Waals surface area contributed by atoms with Gasteiger partial charge in [-0.25, -0.2) is 0 Å². The lowest BCUT2D eigenvalue weighted by Crippen LogP contribution is -1.72. The molecule has 2 aliphatic rings. The van der Waals surface area contributed by atoms with Crippen LogP contribution in [0.15, 0.2) is 56.4 Å². The van der Waals surface area contributed by atoms with Crippen LogP contribution in [0.25, 0.3) is 0 Å². The molecule has 0 saturated heterocycles. The maximum absolute atomic E-state index is 3.81. The molecule has 0 aromatic heterocycles. The Kier molecular flexibility index (Phi) is 2.28. The number of hydrogen-bond donors (Lipinski definition) is 0. The van der Waals surface area contributed by atoms with Gasteiger partial charge < -0.3 is 0 Å². The summed E-state index contributed by atoms with van der Waals surface area (Å²) in [5.74, 6) is 0. The molecule has 0 spiro atoms. The third-order valence-electron chi connectivity index (χ3n) is 1.19. The number of rotatable bonds is 0. The molecular formula is C6H5ClN4. The number of nitrogens with zero attached hydrogens (tertiary/aromatic N) is 4. The summed E-state index contributed by atoms with van der Waals surface area (Å²) in [6.07, 6.45) is 6.85. The summed E-state index contributed by atoms with van der Waals surface area (Å²) in [6, 6.07) is 0. The van der Waals surface area contributed by atoms with Crippen molar-refractivity contribution in [1.29, 1.82) is 0 Å². The monoisotopic (exact) mass is 168 g/mol. The first-order chi connectivity index (χ1) is 4.97. The maximum Gasteiger partial charge on any atom is 0.115 e. The SMILES string of the molecule is C1=CC(=C2C=CN=N2)N=N1.Cl. The Morgan fingerprint density at radius 3 is 1.55 bits per heavy atom. The van der Waals surface area contributed by atoms with Crippen molar-refractivity contribution in [2.24, 2.45) is 20.5 Å². The molecule has 0 bridgehead atoms. The summed E-state index contributed by atoms with van der Waals surface area (Å²) < 4.78 is 0. The van der Waals surface area contributed by atoms with Crippen LogP contribution in [0.1, 0.15) is 0 Å². The molecule has 0 saturated carbocycles. The summed E-state index contributed by atoms with van der Waals surface area (Å²) in [7, 11) is 0. The van der Waals surface area contributed by atoms with Crippen molar-refractivity contribution >= 4 is 12.4 Å². The van der Waals surface area contributed by atoms with Crippen molar-refractivity contribution < 1.29 is 0 Å². The first-order valence-corrected chi connectivity index (χ1v) is 2.86. The van der Waals surface area contributed by atoms with Gasteiger partial charge in [-0.2, -0.15) is 10.2 Å². The van der Waals surface area contributed by atoms with Crippen molar-refractivity contribution in [3.63, 3.8) is 0 Å². The minimum Gasteiger partial charge on any atom is -0.158 e. The zero-order valence-electron chi connectivity index (χ0n) is 5.51. The average molecular weight is 169 g/mol. The maximum atomic E-state index is 3.81. The van der Waals surface area contributed by atoms with E-state index in [4.69, 9.17) is 0 Å². The predicted octanol–water partition coefficient (Wildman–Crippen LogP) is 2.58. The average Bonchev–Trinajstić information content (AvgIpc) is 2.59. The molecule has 0 atom stereocenters. The molecule has 56 valence electrons. The Morgan fingerprint density at radius 2 is 1.27 bits per heavy atom. The van der Waals surface area contributed by atoms with E-state index in [1.165, 1.54) is 0 Å². The van der Waals surface area contributed by atoms with Crippen molar-refractivity contribution in [3.05, 3.63) is 35.9 Å². The molecule has 0 fully saturated rings. The summed E-state index contributed by atoms with van der Waals surface area (Å²) in [4.78, 5) is 0. The number of halogens is 1. The molecule has 0 radical (unpaired) electrons. The highest BCUT2D eigenvalue weighted by molar-refractivity contribution is 5.85. The fourth-order valence-electron chi connectivity index (χ4n) is 0.739. The predicted molar refractivity (Wildman–Crippen MR) is 42.3 cm³/mol. The fourth-order valence-corrected chi connectivity index (χ4v) is 0.739. The summed E-state index contributed by atoms with van der Waals surface area (Å²) >= 11 is 0. The van der Waals surface area contributed by atoms with Crippen LogP contribution < -0.4 is 0 Å². The molecule has 0 aromatic carbocycles. The van der Waals surface area contributed by atoms with Gasteiger partial charge in [0.05, 0.1) is 12.4 Å². The molecule has 0 unspecified atom stereocenters. The number of azo groups is 2. The molecule has 4 nitrogen and oxygen atoms in total. The molecule has 2 heterocycles. The summed E-state index contributed by atoms with van der Waals surface area (Å²) in [5, 5.41) is 14.9. The summed E-state index contributed by atoms with van der Waals surface area (Å²) in [6.45, 7) is 0. The fraction of sp³-hybridized carbons (Fsp3) is 0. The van der Waals surface area contributed by atoms with Crippen LogP contribution in [-0.2, 0) is 0 Å². The van der Waals surface area contributed by atoms with Crippen molar-refractivity contribution in [3.8, 4) is 0 Å². The van der Waals surface area contributed by atoms with Gasteiger partial charge in [-0.15, -0.1) is 22.6 Å². The van der Waals surface area contributed by atoms with Crippen LogP contribution in [-0.4, -0.2) is 0 Å². The van der Waals surface area contributed by atoms with Gasteiger partial charge in [0.15, 0.2) is 0 Å². The van der Waals surface area contributed by atoms with E-state index >= 15 is 0 Å². The normalized spacial score (nSPS) is 24.7. The first kappa shape index (κ1) is 7.81. The lowest BCUT2D eigenvalue weighted by Gasteiger charge is -1.85. The Hall–Kier alpha value is -1.29. The molecule has 0 N–H and O–H groups in total. The van der Waals surface area contributed by atoms with Gasteiger partial charge in [0.2, 0.25) is 0 Å². The molecule has 0 aromatic rings. The second kappa shape index (κ2) is 3.21. The van der Waals surface area contributed by atoms with Gasteiger partial charge in [0.1, 0.15) is 11.4 Å². The highest BCUT2D eigenvalue weighted by atomic mass is 35.5. The van der Waals surface area contributed by atoms with Crippen molar-refractivity contribution in [1.82, 2.24) is 0 Å². The van der Waals surface area contributed by atoms with E-state index < -0.39 is 0 Å². The summed E-state index contributed by atoms with van der Waals surface area (Å²) in [5.41, 5.74) is 1.55. The standard InChI is InChI=1S/C6H4N4.ClH/c1-3-7-9-5(1)6-2-4-8-10-6;/h1-4H;1H. The molecule has 5 heteroatoms. The van der Waals surface area contributed by atoms with Crippen molar-refractivity contribution in [2.45, 2.75) is 0 Å². The zero-order chi connectivity index (χ0) is 6.81. The second-order valence-corrected chi connectivity index (χ2v) is 1.83. The molecule has 0 aliphatic carbocycles. The Bertz CT molecular complexity index is 240. The molecule has 11 heavy (non-hydrogen) atoms. The van der Waals surface area contributed by atoms with Crippen LogP contribution in [0.2, 0.25) is 0 Å². The van der Waals surface area contributed by atoms with Crippen LogP contribution in [0.5, 0.6) is 0 Å². The molecular weight excluding hydrogens is 164 g/mol. The van der Waals surface area contributed by atoms with E-state index in [1.54, 1.807) is 24.6 Å². The van der Waals surface area contributed by atoms with E-state index in [2.05, 4.69) is 20.5 Å². The highest BCUT2D eigenvalue weighted by Gasteiger charge is 2.04. The zero-order valence-corrected chi connectivity index (χ0v) is 6.32. The van der Waals surface area contributed by atoms with Crippen LogP contribution in [0.4, 0.5) is 0 Å². The van der Waals surface area contributed by atoms with Gasteiger partial charge in [0, 0.05) is 0 Å². The lowest BCUT2D eigenvalue weighted by atomic mass is 10.3. The van der Waals surface area contributed by atoms with Gasteiger partial charge in [0.25, 0.3) is 0 Å². The largest absolute Gasteiger partial charge is 0.158 e. The number of allylic oxidation sites excluding steroid dienone is 2. The minimum atomic E-state index is 0. The van der Waals surface area contributed by atoms with Gasteiger partial charge in [-0.05, 0) is 12.2 Å². The smallest absolute Gasteiger partial charge is 0.115 e. The third kappa shape index (κ3) is 1.40. The van der Waals surface area contributed by atoms with E-state index in [9.17, 15) is 0 Å². The van der Waals surface area contributed by atoms with Crippen LogP contribution in [0.3, 0.4) is 0 Å². The second-order valence-electron chi connectivity index (χ2n) is 1.83. The lowest BCUT2D eigenvalue weighted by molar-refractivity contribution is 1.15. The Morgan fingerprint density at radius 1 is 0.818 bits per heavy atom. The van der Waals surface area contributed by atoms with Crippen LogP contribution >= 0.6 is 12.4 Å². The number of hydrogen-bond acceptors (Lipinski definition) is 4. The highest BCUT2D eigenvalue weighted by Crippen LogP contribution is 2.19. The van der Waals surface area contributed by atoms with Gasteiger partial charge in [-0.3, -0.25) is 0 Å². The van der Waals surface area contributed by atoms with E-state index in [0.717, 1.165) is 11.4 Å². The van der Waals surface area contributed by atoms with E-state index in [0.29, 0.717) is 0 Å². The van der Waals surface area contributed by atoms with Gasteiger partial charge in [-0.1, -0.05) is 0 Å². The minimum absolute atomic E-state index is 0. The topological polar surface area (TPSA) is 49.4 Å². The molecule has 2 aliphatic heterocycles. The molecule has 2 rings (SSSR count). The van der Waals surface area contributed by atoms with Crippen molar-refractivity contribution in [2.75, 3.05) is 0 Å². The van der Waals surface area contributed by atoms with E-state index in [1.807, 2.05) is 0 Å². The van der Waals surface area contributed by atoms with E-state index in [-0.39, 0.29) is 12.4 Å². The Labute approximate surface area is 69.5 Å². The third-order valence-corrected chi connectivity index (χ3v) is 1.19. The molecule has 0 amide bonds. The quantitative estimate of drug-likeness (QED) is 0.534. The van der Waals surface area contributed by atoms with Crippen LogP contribution in [0, 0.1) is 0 Å². The van der Waals surface area contributed by atoms with Gasteiger partial charge >= 0.3 is 0 Å². The first-order valence-electron chi connectivity index (χ1n) is 2.86.